The summed E-state index contributed by atoms with van der Waals surface area (Å²) >= 11 is 0. The molecular weight excluding hydrogens is 258 g/mol. The predicted molar refractivity (Wildman–Crippen MR) is 73.7 cm³/mol. The second-order valence-corrected chi connectivity index (χ2v) is 4.50. The van der Waals surface area contributed by atoms with Gasteiger partial charge in [0.05, 0.1) is 12.5 Å². The van der Waals surface area contributed by atoms with Crippen molar-refractivity contribution < 1.29 is 9.90 Å². The largest absolute Gasteiger partial charge is 0.480 e. The van der Waals surface area contributed by atoms with Gasteiger partial charge in [0.15, 0.2) is 0 Å². The van der Waals surface area contributed by atoms with E-state index in [4.69, 9.17) is 0 Å². The molecule has 0 radical (unpaired) electrons. The molecule has 1 unspecified atom stereocenters. The summed E-state index contributed by atoms with van der Waals surface area (Å²) in [5.41, 5.74) is 1.18. The molecule has 0 bridgehead atoms. The third kappa shape index (κ3) is 3.50. The van der Waals surface area contributed by atoms with Crippen molar-refractivity contribution in [1.82, 2.24) is 9.55 Å². The zero-order chi connectivity index (χ0) is 14.4. The summed E-state index contributed by atoms with van der Waals surface area (Å²) in [4.78, 5) is 25.3. The monoisotopic (exact) mass is 273 g/mol. The standard InChI is InChI=1S/C14H15N3O3/c18-14(19)12(17-9-13(16-20)15-10-17)8-4-7-11-5-2-1-3-6-11/h1-3,5-6,9-10,12H,4,7-8H2,(H,18,19). The lowest BCUT2D eigenvalue weighted by Crippen LogP contribution is -2.18. The van der Waals surface area contributed by atoms with Crippen LogP contribution in [0.3, 0.4) is 0 Å². The molecule has 0 aliphatic rings. The Kier molecular flexibility index (Phi) is 4.60. The highest BCUT2D eigenvalue weighted by atomic mass is 16.4. The van der Waals surface area contributed by atoms with Crippen LogP contribution in [0.4, 0.5) is 5.82 Å². The third-order valence-corrected chi connectivity index (χ3v) is 3.11. The molecule has 0 aliphatic heterocycles. The van der Waals surface area contributed by atoms with Crippen molar-refractivity contribution in [1.29, 1.82) is 0 Å². The lowest BCUT2D eigenvalue weighted by Gasteiger charge is -2.13. The van der Waals surface area contributed by atoms with Gasteiger partial charge in [0.2, 0.25) is 5.82 Å². The zero-order valence-electron chi connectivity index (χ0n) is 10.8. The number of aliphatic carboxylic acids is 1. The average molecular weight is 273 g/mol. The maximum Gasteiger partial charge on any atom is 0.326 e. The van der Waals surface area contributed by atoms with Crippen LogP contribution in [-0.4, -0.2) is 20.6 Å². The van der Waals surface area contributed by atoms with Crippen LogP contribution in [-0.2, 0) is 11.2 Å². The van der Waals surface area contributed by atoms with Crippen LogP contribution in [0.5, 0.6) is 0 Å². The van der Waals surface area contributed by atoms with Crippen LogP contribution < -0.4 is 0 Å². The highest BCUT2D eigenvalue weighted by Crippen LogP contribution is 2.19. The van der Waals surface area contributed by atoms with Crippen LogP contribution in [0.1, 0.15) is 24.4 Å². The SMILES string of the molecule is O=Nc1cn(C(CCCc2ccccc2)C(=O)O)cn1. The molecule has 1 aromatic heterocycles. The van der Waals surface area contributed by atoms with Gasteiger partial charge in [-0.05, 0) is 30.0 Å². The number of carboxylic acids is 1. The van der Waals surface area contributed by atoms with Crippen molar-refractivity contribution in [3.8, 4) is 0 Å². The zero-order valence-corrected chi connectivity index (χ0v) is 10.8. The Balaban J connectivity index is 1.96. The molecule has 0 saturated heterocycles. The Morgan fingerprint density at radius 3 is 2.70 bits per heavy atom. The second kappa shape index (κ2) is 6.60. The maximum atomic E-state index is 11.3. The number of hydrogen-bond acceptors (Lipinski definition) is 4. The number of nitroso groups, excluding NO2 is 1. The van der Waals surface area contributed by atoms with E-state index >= 15 is 0 Å². The fourth-order valence-corrected chi connectivity index (χ4v) is 2.09. The van der Waals surface area contributed by atoms with E-state index in [0.717, 1.165) is 12.8 Å². The molecular formula is C14H15N3O3. The van der Waals surface area contributed by atoms with Crippen molar-refractivity contribution in [2.24, 2.45) is 5.18 Å². The number of carboxylic acid groups (broad SMARTS) is 1. The molecule has 2 rings (SSSR count). The van der Waals surface area contributed by atoms with E-state index in [1.54, 1.807) is 0 Å². The Hall–Kier alpha value is -2.50. The molecule has 104 valence electrons. The van der Waals surface area contributed by atoms with Crippen LogP contribution in [0.15, 0.2) is 48.0 Å². The average Bonchev–Trinajstić information content (AvgIpc) is 2.93. The van der Waals surface area contributed by atoms with Crippen LogP contribution in [0.25, 0.3) is 0 Å². The lowest BCUT2D eigenvalue weighted by atomic mass is 10.0. The Bertz CT molecular complexity index is 580. The molecule has 6 nitrogen and oxygen atoms in total. The first-order valence-corrected chi connectivity index (χ1v) is 6.34. The summed E-state index contributed by atoms with van der Waals surface area (Å²) in [6.45, 7) is 0. The molecule has 0 fully saturated rings. The number of benzene rings is 1. The molecule has 2 aromatic rings. The number of nitrogens with zero attached hydrogens (tertiary/aromatic N) is 3. The predicted octanol–water partition coefficient (Wildman–Crippen LogP) is 2.93. The number of hydrogen-bond donors (Lipinski definition) is 1. The summed E-state index contributed by atoms with van der Waals surface area (Å²) in [7, 11) is 0. The molecule has 0 saturated carbocycles. The Morgan fingerprint density at radius 2 is 2.10 bits per heavy atom. The summed E-state index contributed by atoms with van der Waals surface area (Å²) in [5.74, 6) is -0.938. The van der Waals surface area contributed by atoms with E-state index in [0.29, 0.717) is 6.42 Å². The number of carbonyl (C=O) groups is 1. The molecule has 1 N–H and O–H groups in total. The van der Waals surface area contributed by atoms with E-state index < -0.39 is 12.0 Å². The first-order chi connectivity index (χ1) is 9.70. The molecule has 1 aromatic carbocycles. The quantitative estimate of drug-likeness (QED) is 0.786. The van der Waals surface area contributed by atoms with Crippen molar-refractivity contribution in [2.75, 3.05) is 0 Å². The molecule has 0 spiro atoms. The first kappa shape index (κ1) is 13.9. The van der Waals surface area contributed by atoms with Gasteiger partial charge in [-0.1, -0.05) is 30.3 Å². The van der Waals surface area contributed by atoms with Gasteiger partial charge in [-0.2, -0.15) is 0 Å². The highest BCUT2D eigenvalue weighted by molar-refractivity contribution is 5.71. The van der Waals surface area contributed by atoms with Crippen molar-refractivity contribution in [3.63, 3.8) is 0 Å². The minimum atomic E-state index is -0.937. The van der Waals surface area contributed by atoms with Crippen molar-refractivity contribution in [2.45, 2.75) is 25.3 Å². The van der Waals surface area contributed by atoms with E-state index in [1.807, 2.05) is 30.3 Å². The van der Waals surface area contributed by atoms with Crippen LogP contribution in [0, 0.1) is 4.91 Å². The summed E-state index contributed by atoms with van der Waals surface area (Å²) in [6.07, 6.45) is 4.71. The second-order valence-electron chi connectivity index (χ2n) is 4.50. The van der Waals surface area contributed by atoms with E-state index in [1.165, 1.54) is 22.7 Å². The number of aromatic nitrogens is 2. The number of rotatable bonds is 7. The topological polar surface area (TPSA) is 84.5 Å². The summed E-state index contributed by atoms with van der Waals surface area (Å²) < 4.78 is 1.42. The number of imidazole rings is 1. The lowest BCUT2D eigenvalue weighted by molar-refractivity contribution is -0.141. The van der Waals surface area contributed by atoms with Crippen molar-refractivity contribution >= 4 is 11.8 Å². The summed E-state index contributed by atoms with van der Waals surface area (Å²) in [5, 5.41) is 11.9. The molecule has 20 heavy (non-hydrogen) atoms. The van der Waals surface area contributed by atoms with Gasteiger partial charge in [-0.15, -0.1) is 4.91 Å². The normalized spacial score (nSPS) is 12.0. The van der Waals surface area contributed by atoms with E-state index in [-0.39, 0.29) is 5.82 Å². The fraction of sp³-hybridized carbons (Fsp3) is 0.286. The highest BCUT2D eigenvalue weighted by Gasteiger charge is 2.19. The van der Waals surface area contributed by atoms with E-state index in [2.05, 4.69) is 10.2 Å². The molecule has 1 heterocycles. The van der Waals surface area contributed by atoms with Crippen LogP contribution >= 0.6 is 0 Å². The van der Waals surface area contributed by atoms with Gasteiger partial charge >= 0.3 is 5.97 Å². The van der Waals surface area contributed by atoms with Gasteiger partial charge < -0.3 is 9.67 Å². The Labute approximate surface area is 116 Å². The summed E-state index contributed by atoms with van der Waals surface area (Å²) in [6, 6.07) is 9.18. The smallest absolute Gasteiger partial charge is 0.326 e. The maximum absolute atomic E-state index is 11.3. The third-order valence-electron chi connectivity index (χ3n) is 3.11. The molecule has 0 aliphatic carbocycles. The van der Waals surface area contributed by atoms with E-state index in [9.17, 15) is 14.8 Å². The Morgan fingerprint density at radius 1 is 1.35 bits per heavy atom. The minimum absolute atomic E-state index is 0.000639. The van der Waals surface area contributed by atoms with Crippen LogP contribution in [0.2, 0.25) is 0 Å². The minimum Gasteiger partial charge on any atom is -0.480 e. The molecule has 6 heteroatoms. The van der Waals surface area contributed by atoms with Gasteiger partial charge in [-0.3, -0.25) is 0 Å². The molecule has 1 atom stereocenters. The van der Waals surface area contributed by atoms with Gasteiger partial charge in [0, 0.05) is 0 Å². The van der Waals surface area contributed by atoms with Gasteiger partial charge in [-0.25, -0.2) is 9.78 Å². The van der Waals surface area contributed by atoms with Crippen molar-refractivity contribution in [3.05, 3.63) is 53.3 Å². The molecule has 0 amide bonds. The fourth-order valence-electron chi connectivity index (χ4n) is 2.09. The van der Waals surface area contributed by atoms with Gasteiger partial charge in [0.1, 0.15) is 6.04 Å². The first-order valence-electron chi connectivity index (χ1n) is 6.34. The van der Waals surface area contributed by atoms with Gasteiger partial charge in [0.25, 0.3) is 0 Å². The number of aryl methyl sites for hydroxylation is 1.